The van der Waals surface area contributed by atoms with Crippen LogP contribution < -0.4 is 0 Å². The van der Waals surface area contributed by atoms with Gasteiger partial charge in [-0.1, -0.05) is 60.1 Å². The van der Waals surface area contributed by atoms with Crippen LogP contribution in [0, 0.1) is 50.2 Å². The maximum absolute atomic E-state index is 12.0. The van der Waals surface area contributed by atoms with Crippen LogP contribution in [0.4, 0.5) is 0 Å². The number of aliphatic hydroxyl groups is 1. The van der Waals surface area contributed by atoms with Gasteiger partial charge in [0.25, 0.3) is 0 Å². The van der Waals surface area contributed by atoms with Crippen LogP contribution in [0.2, 0.25) is 0 Å². The van der Waals surface area contributed by atoms with Gasteiger partial charge in [0.05, 0.1) is 6.10 Å². The van der Waals surface area contributed by atoms with Gasteiger partial charge < -0.3 is 9.90 Å². The fraction of sp³-hybridized carbons (Fsp3) is 0.900. The molecule has 5 rings (SSSR count). The first-order chi connectivity index (χ1) is 14.8. The van der Waals surface area contributed by atoms with E-state index in [0.717, 1.165) is 19.3 Å². The minimum atomic E-state index is -0.158. The molecule has 0 spiro atoms. The molecule has 4 fully saturated rings. The van der Waals surface area contributed by atoms with Crippen molar-refractivity contribution in [3.05, 3.63) is 11.6 Å². The summed E-state index contributed by atoms with van der Waals surface area (Å²) in [5.74, 6) is 1.87. The number of carbonyl (C=O) groups is 1. The molecule has 0 aromatic heterocycles. The Hall–Kier alpha value is -0.630. The van der Waals surface area contributed by atoms with Crippen molar-refractivity contribution >= 4 is 6.29 Å². The molecule has 180 valence electrons. The van der Waals surface area contributed by atoms with Crippen molar-refractivity contribution in [3.63, 3.8) is 0 Å². The smallest absolute Gasteiger partial charge is 0.125 e. The van der Waals surface area contributed by atoms with Gasteiger partial charge in [-0.15, -0.1) is 0 Å². The number of hydrogen-bond acceptors (Lipinski definition) is 2. The van der Waals surface area contributed by atoms with Crippen LogP contribution in [0.1, 0.15) is 113 Å². The Kier molecular flexibility index (Phi) is 4.87. The summed E-state index contributed by atoms with van der Waals surface area (Å²) in [6, 6.07) is 0. The highest BCUT2D eigenvalue weighted by atomic mass is 16.3. The molecule has 5 aliphatic carbocycles. The molecule has 0 amide bonds. The Morgan fingerprint density at radius 2 is 1.56 bits per heavy atom. The average molecular weight is 441 g/mol. The topological polar surface area (TPSA) is 37.3 Å². The van der Waals surface area contributed by atoms with E-state index in [9.17, 15) is 9.90 Å². The van der Waals surface area contributed by atoms with Crippen LogP contribution >= 0.6 is 0 Å². The molecule has 0 aromatic carbocycles. The number of carbonyl (C=O) groups excluding carboxylic acids is 1. The fourth-order valence-corrected chi connectivity index (χ4v) is 10.5. The van der Waals surface area contributed by atoms with E-state index in [1.54, 1.807) is 5.57 Å². The molecule has 0 bridgehead atoms. The van der Waals surface area contributed by atoms with Crippen LogP contribution in [-0.4, -0.2) is 17.5 Å². The Labute approximate surface area is 197 Å². The zero-order valence-corrected chi connectivity index (χ0v) is 21.9. The molecule has 3 unspecified atom stereocenters. The van der Waals surface area contributed by atoms with Crippen molar-refractivity contribution in [1.82, 2.24) is 0 Å². The number of aliphatic hydroxyl groups excluding tert-OH is 1. The minimum Gasteiger partial charge on any atom is -0.393 e. The summed E-state index contributed by atoms with van der Waals surface area (Å²) < 4.78 is 0. The molecule has 0 aliphatic heterocycles. The van der Waals surface area contributed by atoms with Crippen molar-refractivity contribution in [1.29, 1.82) is 0 Å². The Morgan fingerprint density at radius 1 is 0.875 bits per heavy atom. The lowest BCUT2D eigenvalue weighted by molar-refractivity contribution is -0.202. The second-order valence-corrected chi connectivity index (χ2v) is 14.9. The Morgan fingerprint density at radius 3 is 2.25 bits per heavy atom. The zero-order chi connectivity index (χ0) is 23.4. The fourth-order valence-electron chi connectivity index (χ4n) is 10.5. The summed E-state index contributed by atoms with van der Waals surface area (Å²) >= 11 is 0. The third kappa shape index (κ3) is 2.71. The number of allylic oxidation sites excluding steroid dienone is 2. The minimum absolute atomic E-state index is 0.0134. The van der Waals surface area contributed by atoms with E-state index < -0.39 is 0 Å². The van der Waals surface area contributed by atoms with E-state index >= 15 is 0 Å². The monoisotopic (exact) mass is 440 g/mol. The highest BCUT2D eigenvalue weighted by Gasteiger charge is 2.67. The van der Waals surface area contributed by atoms with Gasteiger partial charge in [-0.05, 0) is 109 Å². The molecule has 9 atom stereocenters. The van der Waals surface area contributed by atoms with Gasteiger partial charge in [-0.2, -0.15) is 0 Å². The quantitative estimate of drug-likeness (QED) is 0.342. The highest BCUT2D eigenvalue weighted by molar-refractivity contribution is 5.59. The van der Waals surface area contributed by atoms with Crippen LogP contribution in [0.5, 0.6) is 0 Å². The van der Waals surface area contributed by atoms with Gasteiger partial charge in [-0.3, -0.25) is 0 Å². The molecule has 2 nitrogen and oxygen atoms in total. The third-order valence-electron chi connectivity index (χ3n) is 13.1. The first-order valence-electron chi connectivity index (χ1n) is 13.6. The van der Waals surface area contributed by atoms with Gasteiger partial charge in [0.15, 0.2) is 0 Å². The highest BCUT2D eigenvalue weighted by Crippen LogP contribution is 2.75. The Bertz CT molecular complexity index is 842. The van der Waals surface area contributed by atoms with Crippen molar-refractivity contribution in [2.24, 2.45) is 50.2 Å². The predicted molar refractivity (Wildman–Crippen MR) is 131 cm³/mol. The molecule has 0 saturated heterocycles. The van der Waals surface area contributed by atoms with E-state index in [1.807, 2.05) is 0 Å². The van der Waals surface area contributed by atoms with E-state index in [0.29, 0.717) is 34.0 Å². The molecular weight excluding hydrogens is 392 g/mol. The summed E-state index contributed by atoms with van der Waals surface area (Å²) in [7, 11) is 0. The molecule has 32 heavy (non-hydrogen) atoms. The van der Waals surface area contributed by atoms with E-state index in [2.05, 4.69) is 54.5 Å². The molecule has 1 N–H and O–H groups in total. The summed E-state index contributed by atoms with van der Waals surface area (Å²) in [4.78, 5) is 12.0. The van der Waals surface area contributed by atoms with Gasteiger partial charge in [0.1, 0.15) is 6.29 Å². The second kappa shape index (κ2) is 6.73. The van der Waals surface area contributed by atoms with Crippen LogP contribution in [0.25, 0.3) is 0 Å². The molecule has 0 heterocycles. The van der Waals surface area contributed by atoms with Crippen LogP contribution in [-0.2, 0) is 4.79 Å². The number of aldehydes is 1. The zero-order valence-electron chi connectivity index (χ0n) is 21.9. The maximum atomic E-state index is 12.0. The lowest BCUT2D eigenvalue weighted by Crippen LogP contribution is -2.64. The second-order valence-electron chi connectivity index (χ2n) is 14.9. The van der Waals surface area contributed by atoms with Crippen molar-refractivity contribution in [2.75, 3.05) is 0 Å². The summed E-state index contributed by atoms with van der Waals surface area (Å²) in [5, 5.41) is 10.9. The van der Waals surface area contributed by atoms with Gasteiger partial charge in [0.2, 0.25) is 0 Å². The van der Waals surface area contributed by atoms with E-state index in [1.165, 1.54) is 51.2 Å². The average Bonchev–Trinajstić information content (AvgIpc) is 2.73. The molecule has 2 heteroatoms. The molecule has 0 radical (unpaired) electrons. The van der Waals surface area contributed by atoms with Crippen molar-refractivity contribution in [2.45, 2.75) is 119 Å². The van der Waals surface area contributed by atoms with E-state index in [4.69, 9.17) is 0 Å². The van der Waals surface area contributed by atoms with E-state index in [-0.39, 0.29) is 22.3 Å². The van der Waals surface area contributed by atoms with Gasteiger partial charge in [-0.25, -0.2) is 0 Å². The molecule has 5 aliphatic rings. The summed E-state index contributed by atoms with van der Waals surface area (Å²) in [6.07, 6.45) is 15.6. The maximum Gasteiger partial charge on any atom is 0.125 e. The summed E-state index contributed by atoms with van der Waals surface area (Å²) in [6.45, 7) is 17.3. The number of fused-ring (bicyclic) bond motifs is 7. The molecule has 0 aromatic rings. The van der Waals surface area contributed by atoms with Crippen molar-refractivity contribution < 1.29 is 9.90 Å². The standard InChI is InChI=1S/C30H48O2/c1-25(2)22-10-13-30(7)23(28(22,5)12-11-24(25)32)9-8-20-21-18-26(3,19-31)14-15-27(21,4)16-17-29(20,30)6/h8,19,21-24,32H,9-18H2,1-7H3/t21?,22?,23?,24-,26-,27+,28-,29+,30+/m0/s1. The van der Waals surface area contributed by atoms with Crippen LogP contribution in [0.3, 0.4) is 0 Å². The molecular formula is C30H48O2. The van der Waals surface area contributed by atoms with Crippen LogP contribution in [0.15, 0.2) is 11.6 Å². The third-order valence-corrected chi connectivity index (χ3v) is 13.1. The summed E-state index contributed by atoms with van der Waals surface area (Å²) in [5.41, 5.74) is 2.84. The first kappa shape index (κ1) is 23.1. The largest absolute Gasteiger partial charge is 0.393 e. The van der Waals surface area contributed by atoms with Gasteiger partial charge >= 0.3 is 0 Å². The lowest BCUT2D eigenvalue weighted by atomic mass is 9.33. The van der Waals surface area contributed by atoms with Crippen molar-refractivity contribution in [3.8, 4) is 0 Å². The number of hydrogen-bond donors (Lipinski definition) is 1. The first-order valence-corrected chi connectivity index (χ1v) is 13.6. The molecule has 4 saturated carbocycles. The SMILES string of the molecule is CC1(C)C2CC[C@]3(C)C(CC=C4C5C[C@@](C)(C=O)CC[C@]5(C)CC[C@]43C)[C@@]2(C)CC[C@@H]1O. The normalized spacial score (nSPS) is 56.7. The Balaban J connectivity index is 1.57. The number of rotatable bonds is 1. The van der Waals surface area contributed by atoms with Gasteiger partial charge in [0, 0.05) is 5.41 Å². The predicted octanol–water partition coefficient (Wildman–Crippen LogP) is 7.35. The lowest BCUT2D eigenvalue weighted by Gasteiger charge is -2.71.